The summed E-state index contributed by atoms with van der Waals surface area (Å²) in [4.78, 5) is 10.0. The molecule has 1 aromatic heterocycles. The van der Waals surface area contributed by atoms with Gasteiger partial charge in [0.2, 0.25) is 0 Å². The van der Waals surface area contributed by atoms with E-state index in [1.165, 1.54) is 12.3 Å². The summed E-state index contributed by atoms with van der Waals surface area (Å²) in [5.41, 5.74) is 1.02. The number of benzene rings is 1. The summed E-state index contributed by atoms with van der Waals surface area (Å²) >= 11 is 0. The fraction of sp³-hybridized carbons (Fsp3) is 0. The zero-order valence-corrected chi connectivity index (χ0v) is 7.33. The van der Waals surface area contributed by atoms with Crippen molar-refractivity contribution in [3.63, 3.8) is 0 Å². The average Bonchev–Trinajstić information content (AvgIpc) is 2.68. The van der Waals surface area contributed by atoms with Crippen LogP contribution in [-0.4, -0.2) is 9.49 Å². The van der Waals surface area contributed by atoms with Crippen LogP contribution in [0.2, 0.25) is 0 Å². The second-order valence-corrected chi connectivity index (χ2v) is 2.87. The van der Waals surface area contributed by atoms with Crippen molar-refractivity contribution in [2.24, 2.45) is 0 Å². The van der Waals surface area contributed by atoms with Crippen LogP contribution >= 0.6 is 0 Å². The van der Waals surface area contributed by atoms with Crippen LogP contribution in [0.4, 0.5) is 5.69 Å². The summed E-state index contributed by atoms with van der Waals surface area (Å²) in [5, 5.41) is 10.4. The minimum absolute atomic E-state index is 0.105. The number of para-hydroxylation sites is 1. The Hall–Kier alpha value is -2.10. The van der Waals surface area contributed by atoms with Crippen molar-refractivity contribution < 1.29 is 4.92 Å². The predicted octanol–water partition coefficient (Wildman–Crippen LogP) is 2.39. The molecular weight excluding hydrogens is 180 g/mol. The molecule has 2 aromatic rings. The van der Waals surface area contributed by atoms with Crippen molar-refractivity contribution in [3.05, 3.63) is 58.9 Å². The predicted molar refractivity (Wildman–Crippen MR) is 52.4 cm³/mol. The third-order valence-electron chi connectivity index (χ3n) is 1.94. The largest absolute Gasteiger partial charge is 0.317 e. The van der Waals surface area contributed by atoms with Crippen LogP contribution < -0.4 is 0 Å². The molecule has 4 heteroatoms. The topological polar surface area (TPSA) is 48.1 Å². The van der Waals surface area contributed by atoms with Gasteiger partial charge in [0.1, 0.15) is 0 Å². The molecule has 70 valence electrons. The highest BCUT2D eigenvalue weighted by molar-refractivity contribution is 5.37. The van der Waals surface area contributed by atoms with Crippen molar-refractivity contribution in [2.45, 2.75) is 0 Å². The first-order valence-electron chi connectivity index (χ1n) is 4.15. The molecule has 0 fully saturated rings. The van der Waals surface area contributed by atoms with Gasteiger partial charge in [-0.15, -0.1) is 0 Å². The van der Waals surface area contributed by atoms with Gasteiger partial charge < -0.3 is 4.57 Å². The normalized spacial score (nSPS) is 10.0. The van der Waals surface area contributed by atoms with E-state index in [-0.39, 0.29) is 5.69 Å². The second kappa shape index (κ2) is 3.33. The fourth-order valence-electron chi connectivity index (χ4n) is 1.25. The molecule has 2 rings (SSSR count). The lowest BCUT2D eigenvalue weighted by molar-refractivity contribution is -0.384. The molecule has 0 saturated heterocycles. The smallest absolute Gasteiger partial charge is 0.287 e. The minimum atomic E-state index is -0.403. The number of nitro groups is 1. The van der Waals surface area contributed by atoms with E-state index in [1.54, 1.807) is 10.8 Å². The molecule has 0 atom stereocenters. The Kier molecular flexibility index (Phi) is 2.02. The Bertz CT molecular complexity index is 448. The van der Waals surface area contributed by atoms with Gasteiger partial charge in [0.25, 0.3) is 5.69 Å². The standard InChI is InChI=1S/C10H8N2O2/c13-12(14)10-6-7-11(8-10)9-4-2-1-3-5-9/h1-8H. The molecule has 0 aliphatic rings. The molecule has 1 heterocycles. The SMILES string of the molecule is O=[N+]([O-])c1ccn(-c2ccccc2)c1. The van der Waals surface area contributed by atoms with Gasteiger partial charge in [0, 0.05) is 18.0 Å². The monoisotopic (exact) mass is 188 g/mol. The maximum Gasteiger partial charge on any atom is 0.287 e. The first-order valence-corrected chi connectivity index (χ1v) is 4.15. The first kappa shape index (κ1) is 8.50. The molecule has 0 unspecified atom stereocenters. The fourth-order valence-corrected chi connectivity index (χ4v) is 1.25. The van der Waals surface area contributed by atoms with Crippen LogP contribution in [0.25, 0.3) is 5.69 Å². The van der Waals surface area contributed by atoms with Gasteiger partial charge in [0.15, 0.2) is 0 Å². The summed E-state index contributed by atoms with van der Waals surface area (Å²) in [7, 11) is 0. The zero-order valence-electron chi connectivity index (χ0n) is 7.33. The third-order valence-corrected chi connectivity index (χ3v) is 1.94. The van der Waals surface area contributed by atoms with Crippen molar-refractivity contribution in [2.75, 3.05) is 0 Å². The minimum Gasteiger partial charge on any atom is -0.317 e. The second-order valence-electron chi connectivity index (χ2n) is 2.87. The molecular formula is C10H8N2O2. The Morgan fingerprint density at radius 2 is 1.86 bits per heavy atom. The summed E-state index contributed by atoms with van der Waals surface area (Å²) in [5.74, 6) is 0. The van der Waals surface area contributed by atoms with Gasteiger partial charge in [-0.3, -0.25) is 10.1 Å². The number of hydrogen-bond acceptors (Lipinski definition) is 2. The van der Waals surface area contributed by atoms with Crippen molar-refractivity contribution in [3.8, 4) is 5.69 Å². The number of aromatic nitrogens is 1. The highest BCUT2D eigenvalue weighted by atomic mass is 16.6. The van der Waals surface area contributed by atoms with Crippen LogP contribution in [-0.2, 0) is 0 Å². The van der Waals surface area contributed by atoms with E-state index in [0.717, 1.165) is 5.69 Å². The van der Waals surface area contributed by atoms with E-state index in [2.05, 4.69) is 0 Å². The Morgan fingerprint density at radius 3 is 2.43 bits per heavy atom. The summed E-state index contributed by atoms with van der Waals surface area (Å²) < 4.78 is 1.72. The van der Waals surface area contributed by atoms with Crippen LogP contribution in [0.3, 0.4) is 0 Å². The number of hydrogen-bond donors (Lipinski definition) is 0. The molecule has 0 N–H and O–H groups in total. The highest BCUT2D eigenvalue weighted by Gasteiger charge is 2.07. The molecule has 0 amide bonds. The van der Waals surface area contributed by atoms with Crippen molar-refractivity contribution in [1.29, 1.82) is 0 Å². The lowest BCUT2D eigenvalue weighted by Crippen LogP contribution is -1.89. The maximum atomic E-state index is 10.4. The molecule has 0 saturated carbocycles. The average molecular weight is 188 g/mol. The zero-order chi connectivity index (χ0) is 9.97. The summed E-state index contributed by atoms with van der Waals surface area (Å²) in [6.07, 6.45) is 3.17. The van der Waals surface area contributed by atoms with Gasteiger partial charge in [-0.25, -0.2) is 0 Å². The number of nitrogens with zero attached hydrogens (tertiary/aromatic N) is 2. The molecule has 0 bridgehead atoms. The van der Waals surface area contributed by atoms with Crippen LogP contribution in [0.1, 0.15) is 0 Å². The quantitative estimate of drug-likeness (QED) is 0.536. The molecule has 0 spiro atoms. The Morgan fingerprint density at radius 1 is 1.14 bits per heavy atom. The van der Waals surface area contributed by atoms with Crippen molar-refractivity contribution >= 4 is 5.69 Å². The summed E-state index contributed by atoms with van der Waals surface area (Å²) in [6, 6.07) is 10.9. The Labute approximate surface area is 80.6 Å². The molecule has 0 radical (unpaired) electrons. The first-order chi connectivity index (χ1) is 6.77. The lowest BCUT2D eigenvalue weighted by atomic mass is 10.3. The summed E-state index contributed by atoms with van der Waals surface area (Å²) in [6.45, 7) is 0. The molecule has 0 aliphatic heterocycles. The van der Waals surface area contributed by atoms with Gasteiger partial charge in [-0.2, -0.15) is 0 Å². The van der Waals surface area contributed by atoms with Gasteiger partial charge >= 0.3 is 0 Å². The van der Waals surface area contributed by atoms with E-state index in [1.807, 2.05) is 30.3 Å². The molecule has 0 aliphatic carbocycles. The van der Waals surface area contributed by atoms with E-state index in [0.29, 0.717) is 0 Å². The Balaban J connectivity index is 2.39. The van der Waals surface area contributed by atoms with E-state index in [4.69, 9.17) is 0 Å². The van der Waals surface area contributed by atoms with E-state index >= 15 is 0 Å². The van der Waals surface area contributed by atoms with Crippen LogP contribution in [0.5, 0.6) is 0 Å². The lowest BCUT2D eigenvalue weighted by Gasteiger charge is -1.99. The van der Waals surface area contributed by atoms with Crippen molar-refractivity contribution in [1.82, 2.24) is 4.57 Å². The van der Waals surface area contributed by atoms with Gasteiger partial charge in [-0.1, -0.05) is 18.2 Å². The van der Waals surface area contributed by atoms with Gasteiger partial charge in [-0.05, 0) is 12.1 Å². The van der Waals surface area contributed by atoms with Crippen LogP contribution in [0, 0.1) is 10.1 Å². The highest BCUT2D eigenvalue weighted by Crippen LogP contribution is 2.15. The molecule has 1 aromatic carbocycles. The van der Waals surface area contributed by atoms with E-state index in [9.17, 15) is 10.1 Å². The maximum absolute atomic E-state index is 10.4. The molecule has 4 nitrogen and oxygen atoms in total. The van der Waals surface area contributed by atoms with Crippen LogP contribution in [0.15, 0.2) is 48.8 Å². The molecule has 14 heavy (non-hydrogen) atoms. The third kappa shape index (κ3) is 1.50. The van der Waals surface area contributed by atoms with Gasteiger partial charge in [0.05, 0.1) is 11.1 Å². The van der Waals surface area contributed by atoms with E-state index < -0.39 is 4.92 Å². The number of rotatable bonds is 2.